The lowest BCUT2D eigenvalue weighted by atomic mass is 10.0. The lowest BCUT2D eigenvalue weighted by Crippen LogP contribution is -1.94. The summed E-state index contributed by atoms with van der Waals surface area (Å²) in [5, 5.41) is 9.95. The first-order chi connectivity index (χ1) is 10.6. The van der Waals surface area contributed by atoms with Crippen molar-refractivity contribution in [1.82, 2.24) is 0 Å². The molecule has 0 heterocycles. The van der Waals surface area contributed by atoms with Crippen LogP contribution in [0.5, 0.6) is 5.75 Å². The van der Waals surface area contributed by atoms with E-state index in [2.05, 4.69) is 0 Å². The van der Waals surface area contributed by atoms with E-state index in [0.29, 0.717) is 28.0 Å². The first-order valence-electron chi connectivity index (χ1n) is 6.55. The number of halogens is 3. The van der Waals surface area contributed by atoms with E-state index in [-0.39, 0.29) is 11.1 Å². The topological polar surface area (TPSA) is 33.0 Å². The number of benzene rings is 2. The Kier molecular flexibility index (Phi) is 5.43. The summed E-state index contributed by atoms with van der Waals surface area (Å²) >= 11 is 12.2. The normalized spacial score (nSPS) is 11.1. The maximum atomic E-state index is 13.8. The molecule has 112 valence electrons. The highest BCUT2D eigenvalue weighted by Gasteiger charge is 2.11. The zero-order valence-corrected chi connectivity index (χ0v) is 13.2. The summed E-state index contributed by atoms with van der Waals surface area (Å²) in [6, 6.07) is 11.3. The fraction of sp³-hybridized carbons (Fsp3) is 0.118. The molecule has 0 bridgehead atoms. The van der Waals surface area contributed by atoms with Crippen molar-refractivity contribution in [2.75, 3.05) is 6.61 Å². The largest absolute Gasteiger partial charge is 0.491 e. The van der Waals surface area contributed by atoms with E-state index in [4.69, 9.17) is 27.9 Å². The van der Waals surface area contributed by atoms with Crippen molar-refractivity contribution in [3.05, 3.63) is 63.4 Å². The van der Waals surface area contributed by atoms with Crippen LogP contribution >= 0.6 is 23.2 Å². The maximum Gasteiger partial charge on any atom is 0.156 e. The summed E-state index contributed by atoms with van der Waals surface area (Å²) < 4.78 is 19.1. The molecule has 0 spiro atoms. The molecule has 0 aromatic heterocycles. The van der Waals surface area contributed by atoms with Crippen LogP contribution in [-0.4, -0.2) is 6.61 Å². The number of hydrogen-bond acceptors (Lipinski definition) is 2. The van der Waals surface area contributed by atoms with Crippen LogP contribution in [0.25, 0.3) is 11.6 Å². The molecule has 0 saturated heterocycles. The molecule has 0 aliphatic heterocycles. The van der Waals surface area contributed by atoms with Crippen LogP contribution in [-0.2, 0) is 0 Å². The smallest absolute Gasteiger partial charge is 0.156 e. The minimum atomic E-state index is -0.460. The quantitative estimate of drug-likeness (QED) is 0.538. The SMILES string of the molecule is CCOc1c(Cl)cc(/C=C(/C#N)c2ccccc2F)cc1Cl. The number of nitriles is 1. The van der Waals surface area contributed by atoms with Crippen LogP contribution in [0.15, 0.2) is 36.4 Å². The number of rotatable bonds is 4. The maximum absolute atomic E-state index is 13.8. The standard InChI is InChI=1S/C17H12Cl2FNO/c1-2-22-17-14(18)8-11(9-15(17)19)7-12(10-21)13-5-3-4-6-16(13)20/h3-9H,2H2,1H3/b12-7-. The van der Waals surface area contributed by atoms with Crippen molar-refractivity contribution in [3.63, 3.8) is 0 Å². The van der Waals surface area contributed by atoms with Gasteiger partial charge in [-0.3, -0.25) is 0 Å². The highest BCUT2D eigenvalue weighted by Crippen LogP contribution is 2.35. The van der Waals surface area contributed by atoms with Gasteiger partial charge in [0.25, 0.3) is 0 Å². The van der Waals surface area contributed by atoms with E-state index >= 15 is 0 Å². The van der Waals surface area contributed by atoms with Gasteiger partial charge in [0.2, 0.25) is 0 Å². The van der Waals surface area contributed by atoms with Crippen molar-refractivity contribution in [1.29, 1.82) is 5.26 Å². The molecular weight excluding hydrogens is 324 g/mol. The minimum absolute atomic E-state index is 0.189. The number of nitrogens with zero attached hydrogens (tertiary/aromatic N) is 1. The van der Waals surface area contributed by atoms with Gasteiger partial charge in [-0.2, -0.15) is 5.26 Å². The van der Waals surface area contributed by atoms with Crippen LogP contribution in [0.4, 0.5) is 4.39 Å². The first-order valence-corrected chi connectivity index (χ1v) is 7.31. The summed E-state index contributed by atoms with van der Waals surface area (Å²) in [7, 11) is 0. The summed E-state index contributed by atoms with van der Waals surface area (Å²) in [4.78, 5) is 0. The Morgan fingerprint density at radius 1 is 1.27 bits per heavy atom. The Bertz CT molecular complexity index is 742. The van der Waals surface area contributed by atoms with Crippen molar-refractivity contribution in [2.45, 2.75) is 6.92 Å². The third-order valence-electron chi connectivity index (χ3n) is 2.90. The molecule has 0 saturated carbocycles. The highest BCUT2D eigenvalue weighted by atomic mass is 35.5. The van der Waals surface area contributed by atoms with Crippen molar-refractivity contribution in [3.8, 4) is 11.8 Å². The molecule has 0 fully saturated rings. The molecule has 2 aromatic rings. The Hall–Kier alpha value is -2.02. The molecule has 0 amide bonds. The molecule has 0 aliphatic rings. The number of ether oxygens (including phenoxy) is 1. The second-order valence-electron chi connectivity index (χ2n) is 4.40. The van der Waals surface area contributed by atoms with Gasteiger partial charge in [-0.25, -0.2) is 4.39 Å². The van der Waals surface area contributed by atoms with Crippen LogP contribution in [0.2, 0.25) is 10.0 Å². The van der Waals surface area contributed by atoms with Gasteiger partial charge in [-0.15, -0.1) is 0 Å². The third kappa shape index (κ3) is 3.59. The Labute approximate surface area is 138 Å². The average Bonchev–Trinajstić information content (AvgIpc) is 2.49. The van der Waals surface area contributed by atoms with Gasteiger partial charge in [0.1, 0.15) is 5.82 Å². The van der Waals surface area contributed by atoms with Crippen LogP contribution < -0.4 is 4.74 Å². The molecule has 22 heavy (non-hydrogen) atoms. The van der Waals surface area contributed by atoms with Gasteiger partial charge in [0.05, 0.1) is 28.3 Å². The van der Waals surface area contributed by atoms with Crippen molar-refractivity contribution in [2.24, 2.45) is 0 Å². The highest BCUT2D eigenvalue weighted by molar-refractivity contribution is 6.37. The second kappa shape index (κ2) is 7.31. The van der Waals surface area contributed by atoms with E-state index in [1.165, 1.54) is 12.1 Å². The van der Waals surface area contributed by atoms with E-state index in [1.807, 2.05) is 13.0 Å². The zero-order chi connectivity index (χ0) is 16.1. The van der Waals surface area contributed by atoms with Gasteiger partial charge in [0, 0.05) is 5.56 Å². The minimum Gasteiger partial charge on any atom is -0.491 e. The Morgan fingerprint density at radius 2 is 1.91 bits per heavy atom. The second-order valence-corrected chi connectivity index (χ2v) is 5.21. The predicted octanol–water partition coefficient (Wildman–Crippen LogP) is 5.60. The molecule has 2 rings (SSSR count). The molecule has 0 radical (unpaired) electrons. The van der Waals surface area contributed by atoms with E-state index in [0.717, 1.165) is 0 Å². The van der Waals surface area contributed by atoms with Crippen LogP contribution in [0.1, 0.15) is 18.1 Å². The fourth-order valence-electron chi connectivity index (χ4n) is 1.96. The predicted molar refractivity (Wildman–Crippen MR) is 87.5 cm³/mol. The summed E-state index contributed by atoms with van der Waals surface area (Å²) in [6.07, 6.45) is 1.53. The van der Waals surface area contributed by atoms with Gasteiger partial charge in [-0.05, 0) is 36.8 Å². The van der Waals surface area contributed by atoms with Gasteiger partial charge < -0.3 is 4.74 Å². The summed E-state index contributed by atoms with van der Waals surface area (Å²) in [5.74, 6) is -0.0641. The Balaban J connectivity index is 2.48. The average molecular weight is 336 g/mol. The van der Waals surface area contributed by atoms with E-state index < -0.39 is 5.82 Å². The lowest BCUT2D eigenvalue weighted by Gasteiger charge is -2.09. The summed E-state index contributed by atoms with van der Waals surface area (Å²) in [6.45, 7) is 2.26. The molecule has 5 heteroatoms. The first kappa shape index (κ1) is 16.4. The van der Waals surface area contributed by atoms with Crippen LogP contribution in [0.3, 0.4) is 0 Å². The molecule has 2 aromatic carbocycles. The van der Waals surface area contributed by atoms with Gasteiger partial charge in [0.15, 0.2) is 5.75 Å². The van der Waals surface area contributed by atoms with Gasteiger partial charge >= 0.3 is 0 Å². The third-order valence-corrected chi connectivity index (χ3v) is 3.47. The van der Waals surface area contributed by atoms with E-state index in [9.17, 15) is 9.65 Å². The molecule has 0 N–H and O–H groups in total. The molecule has 2 nitrogen and oxygen atoms in total. The fourth-order valence-corrected chi connectivity index (χ4v) is 2.57. The monoisotopic (exact) mass is 335 g/mol. The zero-order valence-electron chi connectivity index (χ0n) is 11.7. The van der Waals surface area contributed by atoms with E-state index in [1.54, 1.807) is 30.3 Å². The molecule has 0 atom stereocenters. The number of allylic oxidation sites excluding steroid dienone is 1. The molecule has 0 aliphatic carbocycles. The van der Waals surface area contributed by atoms with Gasteiger partial charge in [-0.1, -0.05) is 41.4 Å². The van der Waals surface area contributed by atoms with Crippen molar-refractivity contribution >= 4 is 34.9 Å². The lowest BCUT2D eigenvalue weighted by molar-refractivity contribution is 0.340. The number of hydrogen-bond donors (Lipinski definition) is 0. The van der Waals surface area contributed by atoms with Crippen molar-refractivity contribution < 1.29 is 9.13 Å². The van der Waals surface area contributed by atoms with Crippen LogP contribution in [0, 0.1) is 17.1 Å². The molecular formula is C17H12Cl2FNO. The summed E-state index contributed by atoms with van der Waals surface area (Å²) in [5.41, 5.74) is 1.01. The Morgan fingerprint density at radius 3 is 2.45 bits per heavy atom. The molecule has 0 unspecified atom stereocenters.